The quantitative estimate of drug-likeness (QED) is 0.555. The number of esters is 3. The van der Waals surface area contributed by atoms with E-state index in [-0.39, 0.29) is 6.42 Å². The van der Waals surface area contributed by atoms with Gasteiger partial charge in [0.2, 0.25) is 6.10 Å². The van der Waals surface area contributed by atoms with Crippen molar-refractivity contribution >= 4 is 17.9 Å². The van der Waals surface area contributed by atoms with Crippen LogP contribution < -0.4 is 0 Å². The summed E-state index contributed by atoms with van der Waals surface area (Å²) in [5, 5.41) is 0. The zero-order valence-corrected chi connectivity index (χ0v) is 14.9. The minimum absolute atomic E-state index is 0.0556. The van der Waals surface area contributed by atoms with E-state index in [0.29, 0.717) is 11.1 Å². The highest BCUT2D eigenvalue weighted by Crippen LogP contribution is 2.21. The van der Waals surface area contributed by atoms with E-state index in [2.05, 4.69) is 6.92 Å². The Kier molecular flexibility index (Phi) is 7.09. The van der Waals surface area contributed by atoms with Crippen molar-refractivity contribution in [2.45, 2.75) is 39.2 Å². The van der Waals surface area contributed by atoms with Crippen LogP contribution in [0, 0.1) is 0 Å². The molecule has 0 amide bonds. The molecule has 0 bridgehead atoms. The van der Waals surface area contributed by atoms with Crippen LogP contribution in [-0.4, -0.2) is 17.9 Å². The lowest BCUT2D eigenvalue weighted by Gasteiger charge is -2.16. The summed E-state index contributed by atoms with van der Waals surface area (Å²) in [5.74, 6) is -2.22. The molecule has 0 aromatic heterocycles. The van der Waals surface area contributed by atoms with Crippen LogP contribution in [0.5, 0.6) is 0 Å². The van der Waals surface area contributed by atoms with Gasteiger partial charge in [0.25, 0.3) is 0 Å². The van der Waals surface area contributed by atoms with Crippen molar-refractivity contribution in [2.75, 3.05) is 0 Å². The van der Waals surface area contributed by atoms with Crippen molar-refractivity contribution in [3.8, 4) is 0 Å². The Morgan fingerprint density at radius 1 is 0.923 bits per heavy atom. The van der Waals surface area contributed by atoms with E-state index in [0.717, 1.165) is 18.4 Å². The van der Waals surface area contributed by atoms with E-state index >= 15 is 0 Å². The van der Waals surface area contributed by atoms with Crippen LogP contribution >= 0.6 is 0 Å². The lowest BCUT2D eigenvalue weighted by atomic mass is 10.1. The van der Waals surface area contributed by atoms with Crippen LogP contribution in [0.2, 0.25) is 0 Å². The normalized spacial score (nSPS) is 11.5. The molecule has 0 aliphatic rings. The van der Waals surface area contributed by atoms with Crippen LogP contribution in [0.15, 0.2) is 54.6 Å². The Labute approximate surface area is 152 Å². The molecule has 2 aromatic carbocycles. The van der Waals surface area contributed by atoms with Gasteiger partial charge < -0.3 is 9.47 Å². The summed E-state index contributed by atoms with van der Waals surface area (Å²) in [7, 11) is 0. The van der Waals surface area contributed by atoms with Gasteiger partial charge in [0.05, 0.1) is 5.56 Å². The van der Waals surface area contributed by atoms with Gasteiger partial charge in [-0.2, -0.15) is 0 Å². The lowest BCUT2D eigenvalue weighted by molar-refractivity contribution is -0.166. The summed E-state index contributed by atoms with van der Waals surface area (Å²) in [4.78, 5) is 36.2. The molecule has 5 heteroatoms. The number of carbonyl (C=O) groups excluding carboxylic acids is 3. The molecule has 136 valence electrons. The Morgan fingerprint density at radius 2 is 1.58 bits per heavy atom. The number of ether oxygens (including phenoxy) is 2. The number of hydrogen-bond donors (Lipinski definition) is 0. The molecule has 0 heterocycles. The highest BCUT2D eigenvalue weighted by atomic mass is 16.6. The average molecular weight is 354 g/mol. The molecule has 0 spiro atoms. The SMILES string of the molecule is CCCc1ccc(C(=O)OC(C(=O)OC(=O)CC)c2ccccc2)cc1. The van der Waals surface area contributed by atoms with Gasteiger partial charge in [-0.05, 0) is 24.1 Å². The first-order valence-corrected chi connectivity index (χ1v) is 8.64. The minimum atomic E-state index is -1.30. The van der Waals surface area contributed by atoms with Crippen molar-refractivity contribution in [3.05, 3.63) is 71.3 Å². The highest BCUT2D eigenvalue weighted by molar-refractivity contribution is 5.94. The van der Waals surface area contributed by atoms with Crippen molar-refractivity contribution in [3.63, 3.8) is 0 Å². The van der Waals surface area contributed by atoms with Crippen LogP contribution in [-0.2, 0) is 25.5 Å². The molecule has 26 heavy (non-hydrogen) atoms. The Balaban J connectivity index is 2.18. The van der Waals surface area contributed by atoms with Gasteiger partial charge in [0, 0.05) is 12.0 Å². The summed E-state index contributed by atoms with van der Waals surface area (Å²) in [6.07, 6.45) is 0.694. The third-order valence-corrected chi connectivity index (χ3v) is 3.77. The summed E-state index contributed by atoms with van der Waals surface area (Å²) in [6, 6.07) is 15.5. The van der Waals surface area contributed by atoms with Crippen molar-refractivity contribution < 1.29 is 23.9 Å². The third-order valence-electron chi connectivity index (χ3n) is 3.77. The van der Waals surface area contributed by atoms with E-state index in [1.807, 2.05) is 12.1 Å². The van der Waals surface area contributed by atoms with Gasteiger partial charge in [-0.1, -0.05) is 62.7 Å². The predicted molar refractivity (Wildman–Crippen MR) is 96.4 cm³/mol. The molecule has 5 nitrogen and oxygen atoms in total. The van der Waals surface area contributed by atoms with Gasteiger partial charge in [0.15, 0.2) is 0 Å². The summed E-state index contributed by atoms with van der Waals surface area (Å²) in [6.45, 7) is 3.66. The maximum absolute atomic E-state index is 12.4. The van der Waals surface area contributed by atoms with E-state index in [1.54, 1.807) is 49.4 Å². The van der Waals surface area contributed by atoms with Gasteiger partial charge >= 0.3 is 17.9 Å². The molecule has 0 N–H and O–H groups in total. The minimum Gasteiger partial charge on any atom is -0.442 e. The standard InChI is InChI=1S/C21H22O5/c1-3-8-15-11-13-17(14-12-15)20(23)26-19(16-9-6-5-7-10-16)21(24)25-18(22)4-2/h5-7,9-14,19H,3-4,8H2,1-2H3. The van der Waals surface area contributed by atoms with Crippen molar-refractivity contribution in [1.29, 1.82) is 0 Å². The first kappa shape index (κ1) is 19.4. The summed E-state index contributed by atoms with van der Waals surface area (Å²) >= 11 is 0. The molecule has 0 aliphatic heterocycles. The van der Waals surface area contributed by atoms with Crippen molar-refractivity contribution in [2.24, 2.45) is 0 Å². The lowest BCUT2D eigenvalue weighted by Crippen LogP contribution is -2.24. The zero-order chi connectivity index (χ0) is 18.9. The van der Waals surface area contributed by atoms with Gasteiger partial charge in [-0.15, -0.1) is 0 Å². The fraction of sp³-hybridized carbons (Fsp3) is 0.286. The zero-order valence-electron chi connectivity index (χ0n) is 14.9. The van der Waals surface area contributed by atoms with Gasteiger partial charge in [-0.3, -0.25) is 4.79 Å². The second-order valence-corrected chi connectivity index (χ2v) is 5.79. The molecule has 0 saturated carbocycles. The molecule has 2 rings (SSSR count). The Bertz CT molecular complexity index is 750. The second kappa shape index (κ2) is 9.51. The number of benzene rings is 2. The van der Waals surface area contributed by atoms with E-state index in [4.69, 9.17) is 9.47 Å². The highest BCUT2D eigenvalue weighted by Gasteiger charge is 2.28. The smallest absolute Gasteiger partial charge is 0.359 e. The second-order valence-electron chi connectivity index (χ2n) is 5.79. The largest absolute Gasteiger partial charge is 0.442 e. The number of rotatable bonds is 7. The maximum Gasteiger partial charge on any atom is 0.359 e. The fourth-order valence-corrected chi connectivity index (χ4v) is 2.39. The average Bonchev–Trinajstić information content (AvgIpc) is 2.67. The first-order valence-electron chi connectivity index (χ1n) is 8.64. The Morgan fingerprint density at radius 3 is 2.15 bits per heavy atom. The predicted octanol–water partition coefficient (Wildman–Crippen LogP) is 4.02. The van der Waals surface area contributed by atoms with Crippen molar-refractivity contribution in [1.82, 2.24) is 0 Å². The van der Waals surface area contributed by atoms with Crippen LogP contribution in [0.1, 0.15) is 54.3 Å². The molecule has 0 fully saturated rings. The topological polar surface area (TPSA) is 69.7 Å². The Hall–Kier alpha value is -2.95. The van der Waals surface area contributed by atoms with E-state index in [1.165, 1.54) is 0 Å². The van der Waals surface area contributed by atoms with Gasteiger partial charge in [0.1, 0.15) is 0 Å². The van der Waals surface area contributed by atoms with Gasteiger partial charge in [-0.25, -0.2) is 9.59 Å². The number of hydrogen-bond acceptors (Lipinski definition) is 5. The number of carbonyl (C=O) groups is 3. The monoisotopic (exact) mass is 354 g/mol. The maximum atomic E-state index is 12.4. The number of aryl methyl sites for hydroxylation is 1. The van der Waals surface area contributed by atoms with Crippen LogP contribution in [0.3, 0.4) is 0 Å². The third kappa shape index (κ3) is 5.28. The molecule has 0 radical (unpaired) electrons. The van der Waals surface area contributed by atoms with E-state index in [9.17, 15) is 14.4 Å². The summed E-state index contributed by atoms with van der Waals surface area (Å²) in [5.41, 5.74) is 1.90. The van der Waals surface area contributed by atoms with Crippen LogP contribution in [0.4, 0.5) is 0 Å². The van der Waals surface area contributed by atoms with Crippen LogP contribution in [0.25, 0.3) is 0 Å². The molecular formula is C21H22O5. The molecule has 2 aromatic rings. The molecule has 0 aliphatic carbocycles. The van der Waals surface area contributed by atoms with E-state index < -0.39 is 24.0 Å². The molecule has 0 saturated heterocycles. The molecule has 1 unspecified atom stereocenters. The first-order chi connectivity index (χ1) is 12.5. The fourth-order valence-electron chi connectivity index (χ4n) is 2.39. The molecule has 1 atom stereocenters. The summed E-state index contributed by atoms with van der Waals surface area (Å²) < 4.78 is 10.1. The molecular weight excluding hydrogens is 332 g/mol.